The second kappa shape index (κ2) is 5.22. The van der Waals surface area contributed by atoms with E-state index in [2.05, 4.69) is 5.10 Å². The van der Waals surface area contributed by atoms with Crippen molar-refractivity contribution in [3.63, 3.8) is 0 Å². The van der Waals surface area contributed by atoms with Gasteiger partial charge in [0.05, 0.1) is 18.0 Å². The molecule has 0 aliphatic carbocycles. The van der Waals surface area contributed by atoms with Crippen LogP contribution in [0.25, 0.3) is 5.69 Å². The summed E-state index contributed by atoms with van der Waals surface area (Å²) in [4.78, 5) is 11.7. The Hall–Kier alpha value is -2.17. The molecule has 0 radical (unpaired) electrons. The third kappa shape index (κ3) is 2.50. The molecule has 5 heteroatoms. The van der Waals surface area contributed by atoms with Crippen LogP contribution in [0.2, 0.25) is 0 Å². The fraction of sp³-hybridized carbons (Fsp3) is 0.286. The molecule has 19 heavy (non-hydrogen) atoms. The van der Waals surface area contributed by atoms with E-state index >= 15 is 0 Å². The Bertz CT molecular complexity index is 620. The van der Waals surface area contributed by atoms with E-state index in [1.165, 1.54) is 0 Å². The topological polar surface area (TPSA) is 44.1 Å². The van der Waals surface area contributed by atoms with Crippen LogP contribution in [0.5, 0.6) is 0 Å². The molecule has 0 saturated heterocycles. The summed E-state index contributed by atoms with van der Waals surface area (Å²) in [5, 5.41) is 4.07. The van der Waals surface area contributed by atoms with Crippen molar-refractivity contribution in [2.24, 2.45) is 0 Å². The van der Waals surface area contributed by atoms with Gasteiger partial charge < -0.3 is 4.74 Å². The number of aryl methyl sites for hydroxylation is 2. The number of nitrogens with zero attached hydrogens (tertiary/aromatic N) is 2. The minimum absolute atomic E-state index is 0.108. The first-order valence-electron chi connectivity index (χ1n) is 6.04. The lowest BCUT2D eigenvalue weighted by molar-refractivity contribution is 0.0520. The van der Waals surface area contributed by atoms with E-state index in [0.29, 0.717) is 11.4 Å². The SMILES string of the molecule is CCOC(=O)c1c(C)nn(-c2cccc(C)c2)c1F. The predicted octanol–water partition coefficient (Wildman–Crippen LogP) is 2.80. The van der Waals surface area contributed by atoms with E-state index < -0.39 is 11.9 Å². The second-order valence-corrected chi connectivity index (χ2v) is 4.22. The summed E-state index contributed by atoms with van der Waals surface area (Å²) in [5.74, 6) is -1.38. The van der Waals surface area contributed by atoms with Crippen LogP contribution in [0.15, 0.2) is 24.3 Å². The maximum absolute atomic E-state index is 14.3. The van der Waals surface area contributed by atoms with Crippen molar-refractivity contribution in [1.82, 2.24) is 9.78 Å². The Morgan fingerprint density at radius 3 is 2.79 bits per heavy atom. The van der Waals surface area contributed by atoms with E-state index in [9.17, 15) is 9.18 Å². The Labute approximate surface area is 110 Å². The zero-order chi connectivity index (χ0) is 14.0. The highest BCUT2D eigenvalue weighted by molar-refractivity contribution is 5.90. The molecule has 0 atom stereocenters. The third-order valence-corrected chi connectivity index (χ3v) is 2.73. The van der Waals surface area contributed by atoms with Crippen molar-refractivity contribution < 1.29 is 13.9 Å². The summed E-state index contributed by atoms with van der Waals surface area (Å²) in [6, 6.07) is 7.25. The first-order chi connectivity index (χ1) is 9.04. The van der Waals surface area contributed by atoms with Crippen LogP contribution < -0.4 is 0 Å². The monoisotopic (exact) mass is 262 g/mol. The van der Waals surface area contributed by atoms with Crippen molar-refractivity contribution in [2.75, 3.05) is 6.61 Å². The van der Waals surface area contributed by atoms with Gasteiger partial charge in [0.15, 0.2) is 0 Å². The molecule has 0 aliphatic rings. The van der Waals surface area contributed by atoms with Crippen LogP contribution in [0.1, 0.15) is 28.5 Å². The van der Waals surface area contributed by atoms with Gasteiger partial charge in [-0.25, -0.2) is 9.48 Å². The normalized spacial score (nSPS) is 10.5. The average molecular weight is 262 g/mol. The van der Waals surface area contributed by atoms with Gasteiger partial charge >= 0.3 is 5.97 Å². The van der Waals surface area contributed by atoms with Gasteiger partial charge in [0.25, 0.3) is 0 Å². The van der Waals surface area contributed by atoms with E-state index in [4.69, 9.17) is 4.74 Å². The highest BCUT2D eigenvalue weighted by Crippen LogP contribution is 2.18. The molecular weight excluding hydrogens is 247 g/mol. The lowest BCUT2D eigenvalue weighted by atomic mass is 10.2. The zero-order valence-electron chi connectivity index (χ0n) is 11.1. The number of halogens is 1. The number of hydrogen-bond acceptors (Lipinski definition) is 3. The van der Waals surface area contributed by atoms with Crippen molar-refractivity contribution in [2.45, 2.75) is 20.8 Å². The summed E-state index contributed by atoms with van der Waals surface area (Å²) in [5.41, 5.74) is 1.78. The van der Waals surface area contributed by atoms with Gasteiger partial charge in [-0.15, -0.1) is 0 Å². The zero-order valence-corrected chi connectivity index (χ0v) is 11.1. The van der Waals surface area contributed by atoms with Crippen LogP contribution in [0.3, 0.4) is 0 Å². The number of hydrogen-bond donors (Lipinski definition) is 0. The molecule has 0 bridgehead atoms. The molecule has 0 amide bonds. The van der Waals surface area contributed by atoms with E-state index in [1.54, 1.807) is 26.0 Å². The van der Waals surface area contributed by atoms with Gasteiger partial charge in [0, 0.05) is 0 Å². The van der Waals surface area contributed by atoms with Crippen LogP contribution >= 0.6 is 0 Å². The first-order valence-corrected chi connectivity index (χ1v) is 6.04. The van der Waals surface area contributed by atoms with Gasteiger partial charge in [-0.2, -0.15) is 9.49 Å². The number of esters is 1. The fourth-order valence-electron chi connectivity index (χ4n) is 1.87. The molecule has 0 saturated carbocycles. The average Bonchev–Trinajstić information content (AvgIpc) is 2.65. The van der Waals surface area contributed by atoms with E-state index in [-0.39, 0.29) is 12.2 Å². The summed E-state index contributed by atoms with van der Waals surface area (Å²) in [7, 11) is 0. The molecule has 2 aromatic rings. The van der Waals surface area contributed by atoms with Crippen molar-refractivity contribution >= 4 is 5.97 Å². The third-order valence-electron chi connectivity index (χ3n) is 2.73. The van der Waals surface area contributed by atoms with Crippen LogP contribution in [-0.4, -0.2) is 22.4 Å². The Balaban J connectivity index is 2.50. The molecule has 0 aliphatic heterocycles. The molecule has 100 valence electrons. The lowest BCUT2D eigenvalue weighted by Gasteiger charge is -2.03. The smallest absolute Gasteiger partial charge is 0.344 e. The molecule has 0 N–H and O–H groups in total. The Kier molecular flexibility index (Phi) is 3.64. The largest absolute Gasteiger partial charge is 0.462 e. The molecule has 1 aromatic carbocycles. The summed E-state index contributed by atoms with van der Waals surface area (Å²) >= 11 is 0. The summed E-state index contributed by atoms with van der Waals surface area (Å²) in [6.07, 6.45) is 0. The molecule has 1 heterocycles. The Morgan fingerprint density at radius 1 is 1.42 bits per heavy atom. The standard InChI is InChI=1S/C14H15FN2O2/c1-4-19-14(18)12-10(3)16-17(13(12)15)11-7-5-6-9(2)8-11/h5-8H,4H2,1-3H3. The van der Waals surface area contributed by atoms with E-state index in [0.717, 1.165) is 10.2 Å². The Morgan fingerprint density at radius 2 is 2.16 bits per heavy atom. The molecule has 0 unspecified atom stereocenters. The number of rotatable bonds is 3. The van der Waals surface area contributed by atoms with Crippen molar-refractivity contribution in [3.05, 3.63) is 47.0 Å². The second-order valence-electron chi connectivity index (χ2n) is 4.22. The number of benzene rings is 1. The highest BCUT2D eigenvalue weighted by atomic mass is 19.1. The van der Waals surface area contributed by atoms with Gasteiger partial charge in [-0.3, -0.25) is 0 Å². The minimum atomic E-state index is -0.693. The molecule has 2 rings (SSSR count). The van der Waals surface area contributed by atoms with Crippen molar-refractivity contribution in [1.29, 1.82) is 0 Å². The number of aromatic nitrogens is 2. The quantitative estimate of drug-likeness (QED) is 0.799. The molecule has 0 spiro atoms. The van der Waals surface area contributed by atoms with Gasteiger partial charge in [-0.05, 0) is 38.5 Å². The van der Waals surface area contributed by atoms with Gasteiger partial charge in [0.1, 0.15) is 5.56 Å². The summed E-state index contributed by atoms with van der Waals surface area (Å²) < 4.78 is 20.2. The first kappa shape index (κ1) is 13.3. The van der Waals surface area contributed by atoms with Crippen LogP contribution in [0.4, 0.5) is 4.39 Å². The minimum Gasteiger partial charge on any atom is -0.462 e. The molecule has 0 fully saturated rings. The van der Waals surface area contributed by atoms with Gasteiger partial charge in [-0.1, -0.05) is 12.1 Å². The van der Waals surface area contributed by atoms with Gasteiger partial charge in [0.2, 0.25) is 5.95 Å². The fourth-order valence-corrected chi connectivity index (χ4v) is 1.87. The number of carbonyl (C=O) groups excluding carboxylic acids is 1. The molecule has 4 nitrogen and oxygen atoms in total. The lowest BCUT2D eigenvalue weighted by Crippen LogP contribution is -2.08. The van der Waals surface area contributed by atoms with Crippen LogP contribution in [0, 0.1) is 19.8 Å². The predicted molar refractivity (Wildman–Crippen MR) is 69.0 cm³/mol. The maximum Gasteiger partial charge on any atom is 0.344 e. The summed E-state index contributed by atoms with van der Waals surface area (Å²) in [6.45, 7) is 5.37. The van der Waals surface area contributed by atoms with Crippen LogP contribution in [-0.2, 0) is 4.74 Å². The molecule has 1 aromatic heterocycles. The van der Waals surface area contributed by atoms with E-state index in [1.807, 2.05) is 19.1 Å². The maximum atomic E-state index is 14.3. The number of carbonyl (C=O) groups is 1. The number of ether oxygens (including phenoxy) is 1. The van der Waals surface area contributed by atoms with Crippen molar-refractivity contribution in [3.8, 4) is 5.69 Å². The highest BCUT2D eigenvalue weighted by Gasteiger charge is 2.23. The molecular formula is C14H15FN2O2.